The van der Waals surface area contributed by atoms with Gasteiger partial charge in [-0.05, 0) is 0 Å². The van der Waals surface area contributed by atoms with Crippen molar-refractivity contribution in [3.05, 3.63) is 23.8 Å². The van der Waals surface area contributed by atoms with Crippen LogP contribution >= 0.6 is 0 Å². The SMILES string of the molecule is C1=NC=C2NC=NC=C2N=C1. The number of hydrogen-bond acceptors (Lipinski definition) is 4. The molecule has 54 valence electrons. The van der Waals surface area contributed by atoms with Gasteiger partial charge in [-0.3, -0.25) is 9.98 Å². The summed E-state index contributed by atoms with van der Waals surface area (Å²) in [6.07, 6.45) is 8.27. The van der Waals surface area contributed by atoms with E-state index >= 15 is 0 Å². The van der Waals surface area contributed by atoms with E-state index in [4.69, 9.17) is 0 Å². The summed E-state index contributed by atoms with van der Waals surface area (Å²) >= 11 is 0. The van der Waals surface area contributed by atoms with Gasteiger partial charge in [-0.15, -0.1) is 0 Å². The second kappa shape index (κ2) is 2.49. The molecule has 2 aliphatic rings. The van der Waals surface area contributed by atoms with E-state index < -0.39 is 0 Å². The zero-order chi connectivity index (χ0) is 7.52. The number of aliphatic imine (C=N–C) groups is 3. The molecular weight excluding hydrogens is 140 g/mol. The second-order valence-electron chi connectivity index (χ2n) is 2.06. The standard InChI is InChI=1S/C7H6N4/c1-2-10-6-4-9-5-11-7(6)3-8-1/h1-5H,(H,9,11). The minimum Gasteiger partial charge on any atom is -0.343 e. The van der Waals surface area contributed by atoms with Gasteiger partial charge in [0.05, 0.1) is 24.4 Å². The fourth-order valence-electron chi connectivity index (χ4n) is 0.834. The summed E-state index contributed by atoms with van der Waals surface area (Å²) in [6, 6.07) is 0. The fourth-order valence-corrected chi connectivity index (χ4v) is 0.834. The molecular formula is C7H6N4. The Kier molecular flexibility index (Phi) is 1.37. The van der Waals surface area contributed by atoms with Crippen molar-refractivity contribution < 1.29 is 0 Å². The molecule has 0 saturated heterocycles. The largest absolute Gasteiger partial charge is 0.343 e. The highest BCUT2D eigenvalue weighted by molar-refractivity contribution is 6.16. The van der Waals surface area contributed by atoms with Crippen LogP contribution in [0, 0.1) is 0 Å². The van der Waals surface area contributed by atoms with Crippen LogP contribution in [0.1, 0.15) is 0 Å². The Labute approximate surface area is 63.8 Å². The van der Waals surface area contributed by atoms with Crippen molar-refractivity contribution in [2.75, 3.05) is 0 Å². The van der Waals surface area contributed by atoms with Crippen LogP contribution in [0.4, 0.5) is 0 Å². The second-order valence-corrected chi connectivity index (χ2v) is 2.06. The molecule has 0 aromatic carbocycles. The van der Waals surface area contributed by atoms with Gasteiger partial charge in [0, 0.05) is 12.4 Å². The quantitative estimate of drug-likeness (QED) is 0.530. The van der Waals surface area contributed by atoms with Gasteiger partial charge in [0.1, 0.15) is 5.70 Å². The first kappa shape index (κ1) is 6.03. The van der Waals surface area contributed by atoms with Gasteiger partial charge in [-0.1, -0.05) is 0 Å². The Morgan fingerprint density at radius 2 is 2.09 bits per heavy atom. The molecule has 2 heterocycles. The zero-order valence-corrected chi connectivity index (χ0v) is 5.73. The zero-order valence-electron chi connectivity index (χ0n) is 5.73. The topological polar surface area (TPSA) is 49.1 Å². The Bertz CT molecular complexity index is 306. The van der Waals surface area contributed by atoms with Gasteiger partial charge in [0.15, 0.2) is 0 Å². The molecule has 0 radical (unpaired) electrons. The minimum absolute atomic E-state index is 0.810. The maximum atomic E-state index is 4.09. The van der Waals surface area contributed by atoms with Gasteiger partial charge in [0.2, 0.25) is 0 Å². The third-order valence-electron chi connectivity index (χ3n) is 1.34. The first-order valence-electron chi connectivity index (χ1n) is 3.21. The van der Waals surface area contributed by atoms with Crippen molar-refractivity contribution in [3.8, 4) is 0 Å². The summed E-state index contributed by atoms with van der Waals surface area (Å²) in [4.78, 5) is 11.9. The van der Waals surface area contributed by atoms with E-state index in [0.29, 0.717) is 0 Å². The number of nitrogens with zero attached hydrogens (tertiary/aromatic N) is 3. The van der Waals surface area contributed by atoms with Crippen molar-refractivity contribution >= 4 is 18.8 Å². The lowest BCUT2D eigenvalue weighted by molar-refractivity contribution is 1.08. The average molecular weight is 146 g/mol. The van der Waals surface area contributed by atoms with Crippen LogP contribution in [0.25, 0.3) is 0 Å². The predicted molar refractivity (Wildman–Crippen MR) is 44.8 cm³/mol. The van der Waals surface area contributed by atoms with E-state index in [1.807, 2.05) is 0 Å². The molecule has 0 unspecified atom stereocenters. The van der Waals surface area contributed by atoms with Crippen molar-refractivity contribution in [2.24, 2.45) is 15.0 Å². The Hall–Kier alpha value is -1.71. The summed E-state index contributed by atoms with van der Waals surface area (Å²) in [6.45, 7) is 0. The van der Waals surface area contributed by atoms with Gasteiger partial charge in [0.25, 0.3) is 0 Å². The monoisotopic (exact) mass is 146 g/mol. The van der Waals surface area contributed by atoms with E-state index in [0.717, 1.165) is 11.4 Å². The minimum atomic E-state index is 0.810. The highest BCUT2D eigenvalue weighted by Crippen LogP contribution is 2.11. The van der Waals surface area contributed by atoms with Crippen molar-refractivity contribution in [2.45, 2.75) is 0 Å². The van der Waals surface area contributed by atoms with Crippen LogP contribution in [0.5, 0.6) is 0 Å². The van der Waals surface area contributed by atoms with Crippen LogP contribution in [0.15, 0.2) is 38.8 Å². The molecule has 0 atom stereocenters. The lowest BCUT2D eigenvalue weighted by Crippen LogP contribution is -2.14. The van der Waals surface area contributed by atoms with Crippen LogP contribution in [-0.2, 0) is 0 Å². The first-order chi connectivity index (χ1) is 5.47. The molecule has 2 rings (SSSR count). The highest BCUT2D eigenvalue weighted by atomic mass is 15.0. The van der Waals surface area contributed by atoms with Gasteiger partial charge in [-0.25, -0.2) is 4.99 Å². The van der Waals surface area contributed by atoms with Crippen LogP contribution in [0.2, 0.25) is 0 Å². The number of hydrogen-bond donors (Lipinski definition) is 1. The average Bonchev–Trinajstić information content (AvgIpc) is 2.28. The lowest BCUT2D eigenvalue weighted by atomic mass is 10.3. The molecule has 0 aliphatic carbocycles. The van der Waals surface area contributed by atoms with Crippen molar-refractivity contribution in [3.63, 3.8) is 0 Å². The first-order valence-corrected chi connectivity index (χ1v) is 3.21. The number of nitrogens with one attached hydrogen (secondary N) is 1. The van der Waals surface area contributed by atoms with E-state index in [2.05, 4.69) is 20.3 Å². The maximum Gasteiger partial charge on any atom is 0.106 e. The molecule has 0 fully saturated rings. The van der Waals surface area contributed by atoms with Crippen LogP contribution in [0.3, 0.4) is 0 Å². The molecule has 4 nitrogen and oxygen atoms in total. The third kappa shape index (κ3) is 1.10. The molecule has 2 aliphatic heterocycles. The lowest BCUT2D eigenvalue weighted by Gasteiger charge is -2.07. The Balaban J connectivity index is 2.44. The third-order valence-corrected chi connectivity index (χ3v) is 1.34. The van der Waals surface area contributed by atoms with E-state index in [1.54, 1.807) is 31.2 Å². The summed E-state index contributed by atoms with van der Waals surface area (Å²) in [5.41, 5.74) is 1.69. The summed E-state index contributed by atoms with van der Waals surface area (Å²) < 4.78 is 0. The van der Waals surface area contributed by atoms with Gasteiger partial charge in [-0.2, -0.15) is 0 Å². The van der Waals surface area contributed by atoms with E-state index in [1.165, 1.54) is 0 Å². The molecule has 0 bridgehead atoms. The predicted octanol–water partition coefficient (Wildman–Crippen LogP) is 0.456. The molecule has 4 heteroatoms. The van der Waals surface area contributed by atoms with Crippen molar-refractivity contribution in [1.82, 2.24) is 5.32 Å². The van der Waals surface area contributed by atoms with Gasteiger partial charge >= 0.3 is 0 Å². The molecule has 0 aromatic heterocycles. The Morgan fingerprint density at radius 3 is 3.09 bits per heavy atom. The normalized spacial score (nSPS) is 19.6. The molecule has 11 heavy (non-hydrogen) atoms. The van der Waals surface area contributed by atoms with E-state index in [9.17, 15) is 0 Å². The number of fused-ring (bicyclic) bond motifs is 1. The molecule has 1 N–H and O–H groups in total. The molecule has 0 amide bonds. The van der Waals surface area contributed by atoms with Gasteiger partial charge < -0.3 is 5.32 Å². The molecule has 0 spiro atoms. The molecule has 0 aromatic rings. The summed E-state index contributed by atoms with van der Waals surface area (Å²) in [5.74, 6) is 0. The van der Waals surface area contributed by atoms with E-state index in [-0.39, 0.29) is 0 Å². The highest BCUT2D eigenvalue weighted by Gasteiger charge is 2.05. The van der Waals surface area contributed by atoms with Crippen LogP contribution in [-0.4, -0.2) is 18.8 Å². The summed E-state index contributed by atoms with van der Waals surface area (Å²) in [5, 5.41) is 2.93. The van der Waals surface area contributed by atoms with Crippen LogP contribution < -0.4 is 5.32 Å². The molecule has 0 saturated carbocycles. The Morgan fingerprint density at radius 1 is 1.09 bits per heavy atom. The summed E-state index contributed by atoms with van der Waals surface area (Å²) in [7, 11) is 0. The number of rotatable bonds is 0. The fraction of sp³-hybridized carbons (Fsp3) is 0. The van der Waals surface area contributed by atoms with Crippen molar-refractivity contribution in [1.29, 1.82) is 0 Å². The smallest absolute Gasteiger partial charge is 0.106 e. The maximum absolute atomic E-state index is 4.09.